The Labute approximate surface area is 119 Å². The molecule has 1 amide bonds. The maximum Gasteiger partial charge on any atom is 0.272 e. The van der Waals surface area contributed by atoms with Gasteiger partial charge in [0.05, 0.1) is 0 Å². The van der Waals surface area contributed by atoms with Crippen molar-refractivity contribution in [2.75, 3.05) is 39.2 Å². The molecule has 0 spiro atoms. The third-order valence-corrected chi connectivity index (χ3v) is 3.47. The minimum atomic E-state index is -0.0913. The monoisotopic (exact) mass is 279 g/mol. The van der Waals surface area contributed by atoms with Gasteiger partial charge in [-0.2, -0.15) is 0 Å². The van der Waals surface area contributed by atoms with Gasteiger partial charge >= 0.3 is 0 Å². The minimum Gasteiger partial charge on any atom is -0.385 e. The Hall–Kier alpha value is -1.66. The van der Waals surface area contributed by atoms with Crippen LogP contribution in [0.1, 0.15) is 17.4 Å². The van der Waals surface area contributed by atoms with Gasteiger partial charge in [-0.3, -0.25) is 9.78 Å². The predicted molar refractivity (Wildman–Crippen MR) is 75.9 cm³/mol. The number of hydrogen-bond donors (Lipinski definition) is 1. The van der Waals surface area contributed by atoms with Gasteiger partial charge in [0.1, 0.15) is 17.9 Å². The van der Waals surface area contributed by atoms with Gasteiger partial charge in [-0.15, -0.1) is 0 Å². The van der Waals surface area contributed by atoms with Crippen LogP contribution in [0.3, 0.4) is 0 Å². The third kappa shape index (κ3) is 3.08. The lowest BCUT2D eigenvalue weighted by molar-refractivity contribution is -0.00461. The summed E-state index contributed by atoms with van der Waals surface area (Å²) in [6.07, 6.45) is 1.48. The lowest BCUT2D eigenvalue weighted by Crippen LogP contribution is -2.30. The first-order valence-corrected chi connectivity index (χ1v) is 6.74. The van der Waals surface area contributed by atoms with Crippen molar-refractivity contribution in [3.63, 3.8) is 0 Å². The van der Waals surface area contributed by atoms with Crippen LogP contribution in [0.4, 0.5) is 5.69 Å². The molecule has 0 saturated carbocycles. The van der Waals surface area contributed by atoms with E-state index in [-0.39, 0.29) is 18.1 Å². The fourth-order valence-electron chi connectivity index (χ4n) is 2.39. The molecule has 2 atom stereocenters. The maximum absolute atomic E-state index is 12.5. The fraction of sp³-hybridized carbons (Fsp3) is 0.571. The van der Waals surface area contributed by atoms with Crippen molar-refractivity contribution in [2.24, 2.45) is 0 Å². The molecule has 0 radical (unpaired) electrons. The van der Waals surface area contributed by atoms with Gasteiger partial charge in [0.15, 0.2) is 0 Å². The second-order valence-corrected chi connectivity index (χ2v) is 4.72. The first-order valence-electron chi connectivity index (χ1n) is 6.74. The van der Waals surface area contributed by atoms with Gasteiger partial charge in [0.25, 0.3) is 5.91 Å². The molecule has 1 aliphatic heterocycles. The Bertz CT molecular complexity index is 455. The number of carbonyl (C=O) groups excluding carboxylic acids is 1. The molecule has 20 heavy (non-hydrogen) atoms. The number of nitrogens with zero attached hydrogens (tertiary/aromatic N) is 2. The molecule has 1 aliphatic rings. The van der Waals surface area contributed by atoms with E-state index in [0.29, 0.717) is 18.8 Å². The molecule has 0 aliphatic carbocycles. The predicted octanol–water partition coefficient (Wildman–Crippen LogP) is 0.999. The number of likely N-dealkylation sites (tertiary alicyclic amines) is 1. The number of amides is 1. The Kier molecular flexibility index (Phi) is 4.92. The van der Waals surface area contributed by atoms with E-state index in [1.807, 2.05) is 13.0 Å². The third-order valence-electron chi connectivity index (χ3n) is 3.47. The summed E-state index contributed by atoms with van der Waals surface area (Å²) in [7, 11) is 3.27. The van der Waals surface area contributed by atoms with Gasteiger partial charge in [-0.05, 0) is 19.1 Å². The van der Waals surface area contributed by atoms with E-state index in [1.165, 1.54) is 0 Å². The smallest absolute Gasteiger partial charge is 0.272 e. The summed E-state index contributed by atoms with van der Waals surface area (Å²) in [6.45, 7) is 3.87. The lowest BCUT2D eigenvalue weighted by atomic mass is 10.3. The minimum absolute atomic E-state index is 0.0825. The SMILES string of the molecule is CCNc1ccnc(C(=O)N2CC(OC)C(OC)C2)c1. The zero-order chi connectivity index (χ0) is 14.5. The number of methoxy groups -OCH3 is 2. The van der Waals surface area contributed by atoms with Crippen LogP contribution in [0.5, 0.6) is 0 Å². The molecule has 6 nitrogen and oxygen atoms in total. The second kappa shape index (κ2) is 6.67. The first-order chi connectivity index (χ1) is 9.69. The Morgan fingerprint density at radius 1 is 1.40 bits per heavy atom. The summed E-state index contributed by atoms with van der Waals surface area (Å²) < 4.78 is 10.7. The zero-order valence-corrected chi connectivity index (χ0v) is 12.1. The van der Waals surface area contributed by atoms with Crippen LogP contribution in [0.2, 0.25) is 0 Å². The van der Waals surface area contributed by atoms with Crippen molar-refractivity contribution >= 4 is 11.6 Å². The van der Waals surface area contributed by atoms with Crippen molar-refractivity contribution < 1.29 is 14.3 Å². The second-order valence-electron chi connectivity index (χ2n) is 4.72. The highest BCUT2D eigenvalue weighted by Crippen LogP contribution is 2.18. The molecule has 1 N–H and O–H groups in total. The fourth-order valence-corrected chi connectivity index (χ4v) is 2.39. The van der Waals surface area contributed by atoms with Crippen molar-refractivity contribution in [3.05, 3.63) is 24.0 Å². The summed E-state index contributed by atoms with van der Waals surface area (Å²) in [5, 5.41) is 3.17. The molecular weight excluding hydrogens is 258 g/mol. The van der Waals surface area contributed by atoms with Crippen LogP contribution < -0.4 is 5.32 Å². The Morgan fingerprint density at radius 2 is 2.05 bits per heavy atom. The number of rotatable bonds is 5. The maximum atomic E-state index is 12.5. The molecule has 1 aromatic rings. The molecule has 1 aromatic heterocycles. The number of hydrogen-bond acceptors (Lipinski definition) is 5. The normalized spacial score (nSPS) is 22.1. The van der Waals surface area contributed by atoms with Crippen LogP contribution in [0.25, 0.3) is 0 Å². The molecule has 1 saturated heterocycles. The van der Waals surface area contributed by atoms with Crippen LogP contribution in [-0.4, -0.2) is 61.9 Å². The van der Waals surface area contributed by atoms with Crippen molar-refractivity contribution in [1.82, 2.24) is 9.88 Å². The molecule has 1 fully saturated rings. The molecule has 0 aromatic carbocycles. The van der Waals surface area contributed by atoms with Crippen molar-refractivity contribution in [2.45, 2.75) is 19.1 Å². The van der Waals surface area contributed by atoms with E-state index in [2.05, 4.69) is 10.3 Å². The summed E-state index contributed by atoms with van der Waals surface area (Å²) >= 11 is 0. The summed E-state index contributed by atoms with van der Waals surface area (Å²) in [5.41, 5.74) is 1.34. The van der Waals surface area contributed by atoms with Crippen LogP contribution in [0.15, 0.2) is 18.3 Å². The highest BCUT2D eigenvalue weighted by molar-refractivity contribution is 5.93. The molecule has 0 bridgehead atoms. The van der Waals surface area contributed by atoms with Crippen molar-refractivity contribution in [1.29, 1.82) is 0 Å². The Balaban J connectivity index is 2.10. The summed E-state index contributed by atoms with van der Waals surface area (Å²) in [5.74, 6) is -0.0913. The van der Waals surface area contributed by atoms with E-state index >= 15 is 0 Å². The molecular formula is C14H21N3O3. The van der Waals surface area contributed by atoms with Crippen LogP contribution >= 0.6 is 0 Å². The average Bonchev–Trinajstić information content (AvgIpc) is 2.90. The average molecular weight is 279 g/mol. The van der Waals surface area contributed by atoms with E-state index in [0.717, 1.165) is 12.2 Å². The number of aromatic nitrogens is 1. The number of pyridine rings is 1. The summed E-state index contributed by atoms with van der Waals surface area (Å²) in [4.78, 5) is 18.3. The largest absolute Gasteiger partial charge is 0.385 e. The zero-order valence-electron chi connectivity index (χ0n) is 12.1. The van der Waals surface area contributed by atoms with E-state index in [4.69, 9.17) is 9.47 Å². The molecule has 2 heterocycles. The molecule has 110 valence electrons. The number of carbonyl (C=O) groups is 1. The van der Waals surface area contributed by atoms with Crippen LogP contribution in [0, 0.1) is 0 Å². The van der Waals surface area contributed by atoms with Gasteiger partial charge in [0.2, 0.25) is 0 Å². The van der Waals surface area contributed by atoms with E-state index in [9.17, 15) is 4.79 Å². The van der Waals surface area contributed by atoms with Gasteiger partial charge in [-0.25, -0.2) is 0 Å². The first kappa shape index (κ1) is 14.7. The summed E-state index contributed by atoms with van der Waals surface area (Å²) in [6, 6.07) is 3.62. The molecule has 6 heteroatoms. The molecule has 2 rings (SSSR count). The number of anilines is 1. The standard InChI is InChI=1S/C14H21N3O3/c1-4-15-10-5-6-16-11(7-10)14(18)17-8-12(19-2)13(9-17)20-3/h5-7,12-13H,4,8-9H2,1-3H3,(H,15,16). The highest BCUT2D eigenvalue weighted by Gasteiger charge is 2.36. The van der Waals surface area contributed by atoms with Gasteiger partial charge in [-0.1, -0.05) is 0 Å². The molecule has 2 unspecified atom stereocenters. The number of nitrogens with one attached hydrogen (secondary N) is 1. The number of ether oxygens (including phenoxy) is 2. The van der Waals surface area contributed by atoms with Crippen LogP contribution in [-0.2, 0) is 9.47 Å². The quantitative estimate of drug-likeness (QED) is 0.871. The van der Waals surface area contributed by atoms with E-state index in [1.54, 1.807) is 31.4 Å². The Morgan fingerprint density at radius 3 is 2.60 bits per heavy atom. The highest BCUT2D eigenvalue weighted by atomic mass is 16.5. The topological polar surface area (TPSA) is 63.7 Å². The van der Waals surface area contributed by atoms with E-state index < -0.39 is 0 Å². The van der Waals surface area contributed by atoms with Crippen molar-refractivity contribution in [3.8, 4) is 0 Å². The van der Waals surface area contributed by atoms with Gasteiger partial charge < -0.3 is 19.7 Å². The lowest BCUT2D eigenvalue weighted by Gasteiger charge is -2.15. The van der Waals surface area contributed by atoms with Gasteiger partial charge in [0, 0.05) is 45.7 Å².